The number of nitrogens with one attached hydrogen (secondary N) is 1. The Hall–Kier alpha value is 0.0700. The van der Waals surface area contributed by atoms with Crippen LogP contribution in [0.3, 0.4) is 0 Å². The second-order valence-electron chi connectivity index (χ2n) is 8.63. The summed E-state index contributed by atoms with van der Waals surface area (Å²) >= 11 is 0. The van der Waals surface area contributed by atoms with Gasteiger partial charge in [-0.25, -0.2) is 4.57 Å². The molecule has 0 rings (SSSR count). The Morgan fingerprint density at radius 2 is 0.667 bits per heavy atom. The van der Waals surface area contributed by atoms with Gasteiger partial charge in [0.1, 0.15) is 0 Å². The van der Waals surface area contributed by atoms with Crippen molar-refractivity contribution >= 4 is 7.82 Å². The van der Waals surface area contributed by atoms with Crippen molar-refractivity contribution < 1.29 is 19.2 Å². The van der Waals surface area contributed by atoms with Crippen LogP contribution in [0.25, 0.3) is 0 Å². The van der Waals surface area contributed by atoms with Gasteiger partial charge in [-0.2, -0.15) is 0 Å². The van der Waals surface area contributed by atoms with Crippen molar-refractivity contribution in [3.63, 3.8) is 0 Å². The van der Waals surface area contributed by atoms with Crippen LogP contribution in [0.1, 0.15) is 142 Å². The van der Waals surface area contributed by atoms with Crippen LogP contribution in [-0.2, 0) is 4.57 Å². The van der Waals surface area contributed by atoms with E-state index in [0.717, 1.165) is 0 Å². The molecule has 0 fully saturated rings. The smallest absolute Gasteiger partial charge is 0.317 e. The van der Waals surface area contributed by atoms with Crippen molar-refractivity contribution in [2.75, 3.05) is 13.1 Å². The van der Waals surface area contributed by atoms with Crippen molar-refractivity contribution in [2.24, 2.45) is 0 Å². The van der Waals surface area contributed by atoms with Crippen LogP contribution in [0, 0.1) is 0 Å². The van der Waals surface area contributed by atoms with E-state index in [1.165, 1.54) is 142 Å². The van der Waals surface area contributed by atoms with E-state index in [9.17, 15) is 0 Å². The molecule has 6 heteroatoms. The molecule has 0 radical (unpaired) electrons. The highest BCUT2D eigenvalue weighted by Gasteiger charge is 2.00. The van der Waals surface area contributed by atoms with Crippen LogP contribution < -0.4 is 5.32 Å². The van der Waals surface area contributed by atoms with Crippen molar-refractivity contribution in [1.82, 2.24) is 5.32 Å². The molecule has 0 saturated carbocycles. The highest BCUT2D eigenvalue weighted by Crippen LogP contribution is 2.25. The summed E-state index contributed by atoms with van der Waals surface area (Å²) in [6.07, 6.45) is 28.8. The van der Waals surface area contributed by atoms with E-state index in [1.54, 1.807) is 0 Å². The number of unbranched alkanes of at least 4 members (excludes halogenated alkanes) is 18. The highest BCUT2D eigenvalue weighted by atomic mass is 31.2. The quantitative estimate of drug-likeness (QED) is 0.101. The molecule has 184 valence electrons. The van der Waals surface area contributed by atoms with Gasteiger partial charge < -0.3 is 20.0 Å². The second-order valence-corrected chi connectivity index (χ2v) is 9.65. The maximum Gasteiger partial charge on any atom is 0.466 e. The first-order valence-corrected chi connectivity index (χ1v) is 14.5. The van der Waals surface area contributed by atoms with Crippen LogP contribution in [0.15, 0.2) is 0 Å². The Bertz CT molecular complexity index is 320. The first kappa shape index (κ1) is 32.3. The lowest BCUT2D eigenvalue weighted by Gasteiger charge is -2.05. The SMILES string of the molecule is CCCCCCCCCCCCCCCCNCCCCCCCC.O=P(O)(O)O. The van der Waals surface area contributed by atoms with Gasteiger partial charge in [0.2, 0.25) is 0 Å². The molecule has 5 nitrogen and oxygen atoms in total. The molecular formula is C24H54NO4P. The Labute approximate surface area is 188 Å². The number of hydrogen-bond donors (Lipinski definition) is 4. The molecule has 4 N–H and O–H groups in total. The maximum absolute atomic E-state index is 8.88. The van der Waals surface area contributed by atoms with E-state index in [-0.39, 0.29) is 0 Å². The van der Waals surface area contributed by atoms with Crippen LogP contribution in [0.5, 0.6) is 0 Å². The van der Waals surface area contributed by atoms with Crippen molar-refractivity contribution in [1.29, 1.82) is 0 Å². The Balaban J connectivity index is 0. The summed E-state index contributed by atoms with van der Waals surface area (Å²) in [6, 6.07) is 0. The largest absolute Gasteiger partial charge is 0.466 e. The lowest BCUT2D eigenvalue weighted by molar-refractivity contribution is 0.275. The van der Waals surface area contributed by atoms with E-state index in [0.29, 0.717) is 0 Å². The van der Waals surface area contributed by atoms with Gasteiger partial charge in [0.25, 0.3) is 0 Å². The van der Waals surface area contributed by atoms with E-state index in [1.807, 2.05) is 0 Å². The van der Waals surface area contributed by atoms with Crippen molar-refractivity contribution in [3.8, 4) is 0 Å². The van der Waals surface area contributed by atoms with Gasteiger partial charge in [-0.1, -0.05) is 129 Å². The normalized spacial score (nSPS) is 11.4. The number of hydrogen-bond acceptors (Lipinski definition) is 2. The number of rotatable bonds is 22. The van der Waals surface area contributed by atoms with E-state index in [4.69, 9.17) is 19.2 Å². The molecule has 0 bridgehead atoms. The monoisotopic (exact) mass is 451 g/mol. The molecule has 0 saturated heterocycles. The van der Waals surface area contributed by atoms with Crippen molar-refractivity contribution in [3.05, 3.63) is 0 Å². The molecule has 0 aromatic heterocycles. The summed E-state index contributed by atoms with van der Waals surface area (Å²) in [6.45, 7) is 7.07. The van der Waals surface area contributed by atoms with Gasteiger partial charge in [0.05, 0.1) is 0 Å². The summed E-state index contributed by atoms with van der Waals surface area (Å²) in [5.74, 6) is 0. The van der Waals surface area contributed by atoms with Gasteiger partial charge >= 0.3 is 7.82 Å². The molecule has 0 unspecified atom stereocenters. The minimum Gasteiger partial charge on any atom is -0.317 e. The summed E-state index contributed by atoms with van der Waals surface area (Å²) < 4.78 is 8.88. The Kier molecular flexibility index (Phi) is 29.1. The van der Waals surface area contributed by atoms with E-state index >= 15 is 0 Å². The summed E-state index contributed by atoms with van der Waals surface area (Å²) in [5.41, 5.74) is 0. The van der Waals surface area contributed by atoms with E-state index < -0.39 is 7.82 Å². The average Bonchev–Trinajstić information content (AvgIpc) is 2.68. The topological polar surface area (TPSA) is 89.8 Å². The molecule has 0 aromatic carbocycles. The molecule has 0 atom stereocenters. The molecule has 0 aliphatic rings. The zero-order valence-corrected chi connectivity index (χ0v) is 21.1. The third-order valence-corrected chi connectivity index (χ3v) is 5.41. The molecule has 0 heterocycles. The predicted octanol–water partition coefficient (Wildman–Crippen LogP) is 7.49. The van der Waals surface area contributed by atoms with Gasteiger partial charge in [-0.05, 0) is 25.9 Å². The molecule has 30 heavy (non-hydrogen) atoms. The van der Waals surface area contributed by atoms with Crippen LogP contribution in [0.4, 0.5) is 0 Å². The van der Waals surface area contributed by atoms with Crippen molar-refractivity contribution in [2.45, 2.75) is 142 Å². The highest BCUT2D eigenvalue weighted by molar-refractivity contribution is 7.45. The fourth-order valence-corrected chi connectivity index (χ4v) is 3.60. The molecule has 0 spiro atoms. The van der Waals surface area contributed by atoms with Gasteiger partial charge in [-0.3, -0.25) is 0 Å². The molecular weight excluding hydrogens is 397 g/mol. The van der Waals surface area contributed by atoms with E-state index in [2.05, 4.69) is 19.2 Å². The fraction of sp³-hybridized carbons (Fsp3) is 1.00. The van der Waals surface area contributed by atoms with Crippen LogP contribution in [-0.4, -0.2) is 27.8 Å². The first-order chi connectivity index (χ1) is 14.4. The molecule has 0 aliphatic carbocycles. The predicted molar refractivity (Wildman–Crippen MR) is 131 cm³/mol. The third kappa shape index (κ3) is 42.2. The number of phosphoric acid groups is 1. The molecule has 0 aliphatic heterocycles. The maximum atomic E-state index is 8.88. The third-order valence-electron chi connectivity index (χ3n) is 5.41. The minimum absolute atomic E-state index is 1.24. The van der Waals surface area contributed by atoms with Gasteiger partial charge in [0, 0.05) is 0 Å². The second kappa shape index (κ2) is 27.1. The Morgan fingerprint density at radius 3 is 0.900 bits per heavy atom. The Morgan fingerprint density at radius 1 is 0.467 bits per heavy atom. The van der Waals surface area contributed by atoms with Gasteiger partial charge in [0.15, 0.2) is 0 Å². The van der Waals surface area contributed by atoms with Crippen LogP contribution in [0.2, 0.25) is 0 Å². The first-order valence-electron chi connectivity index (χ1n) is 12.9. The minimum atomic E-state index is -4.64. The molecule has 0 amide bonds. The summed E-state index contributed by atoms with van der Waals surface area (Å²) in [7, 11) is -4.64. The average molecular weight is 452 g/mol. The zero-order valence-electron chi connectivity index (χ0n) is 20.3. The van der Waals surface area contributed by atoms with Gasteiger partial charge in [-0.15, -0.1) is 0 Å². The summed E-state index contributed by atoms with van der Waals surface area (Å²) in [4.78, 5) is 21.6. The lowest BCUT2D eigenvalue weighted by Crippen LogP contribution is -2.16. The summed E-state index contributed by atoms with van der Waals surface area (Å²) in [5, 5.41) is 3.62. The van der Waals surface area contributed by atoms with Crippen LogP contribution >= 0.6 is 7.82 Å². The lowest BCUT2D eigenvalue weighted by atomic mass is 10.0. The molecule has 0 aromatic rings. The standard InChI is InChI=1S/C24H51N.H3O4P/c1-3-5-7-9-11-12-13-14-15-16-17-18-20-22-24-25-23-21-19-10-8-6-4-2;1-5(2,3)4/h25H,3-24H2,1-2H3;(H3,1,2,3,4). The fourth-order valence-electron chi connectivity index (χ4n) is 3.60. The zero-order chi connectivity index (χ0) is 22.8.